The molecule has 0 radical (unpaired) electrons. The maximum absolute atomic E-state index is 12.5. The van der Waals surface area contributed by atoms with E-state index in [1.165, 1.54) is 44.9 Å². The molecule has 0 aliphatic rings. The van der Waals surface area contributed by atoms with E-state index in [-0.39, 0.29) is 5.78 Å². The molecule has 2 nitrogen and oxygen atoms in total. The fourth-order valence-electron chi connectivity index (χ4n) is 3.00. The van der Waals surface area contributed by atoms with Crippen molar-refractivity contribution in [2.24, 2.45) is 0 Å². The molecule has 0 saturated heterocycles. The number of ether oxygens (including phenoxy) is 1. The van der Waals surface area contributed by atoms with E-state index in [0.29, 0.717) is 5.56 Å². The molecule has 0 fully saturated rings. The van der Waals surface area contributed by atoms with E-state index in [9.17, 15) is 4.79 Å². The Balaban J connectivity index is 1.67. The number of aryl methyl sites for hydroxylation is 1. The molecule has 2 heteroatoms. The predicted molar refractivity (Wildman–Crippen MR) is 109 cm³/mol. The SMILES string of the molecule is CCCCCCCCCCOc1ccc(C(=O)c2ccc(C)cc2)cc1. The number of rotatable bonds is 12. The van der Waals surface area contributed by atoms with Gasteiger partial charge in [-0.1, -0.05) is 81.7 Å². The monoisotopic (exact) mass is 352 g/mol. The Morgan fingerprint density at radius 3 is 1.81 bits per heavy atom. The summed E-state index contributed by atoms with van der Waals surface area (Å²) in [5, 5.41) is 0. The summed E-state index contributed by atoms with van der Waals surface area (Å²) in [6.07, 6.45) is 10.4. The van der Waals surface area contributed by atoms with Crippen molar-refractivity contribution < 1.29 is 9.53 Å². The Morgan fingerprint density at radius 2 is 1.23 bits per heavy atom. The lowest BCUT2D eigenvalue weighted by Crippen LogP contribution is -2.02. The largest absolute Gasteiger partial charge is 0.494 e. The van der Waals surface area contributed by atoms with Crippen LogP contribution in [0.25, 0.3) is 0 Å². The molecule has 0 N–H and O–H groups in total. The number of carbonyl (C=O) groups excluding carboxylic acids is 1. The van der Waals surface area contributed by atoms with Crippen LogP contribution in [0.15, 0.2) is 48.5 Å². The van der Waals surface area contributed by atoms with Gasteiger partial charge in [0.05, 0.1) is 6.61 Å². The van der Waals surface area contributed by atoms with Crippen molar-refractivity contribution in [2.45, 2.75) is 65.2 Å². The minimum atomic E-state index is 0.0552. The van der Waals surface area contributed by atoms with Crippen LogP contribution in [0.3, 0.4) is 0 Å². The van der Waals surface area contributed by atoms with Gasteiger partial charge < -0.3 is 4.74 Å². The molecule has 0 aromatic heterocycles. The van der Waals surface area contributed by atoms with E-state index >= 15 is 0 Å². The molecule has 0 atom stereocenters. The second-order valence-electron chi connectivity index (χ2n) is 7.04. The predicted octanol–water partition coefficient (Wildman–Crippen LogP) is 6.75. The Bertz CT molecular complexity index is 641. The molecule has 0 amide bonds. The van der Waals surface area contributed by atoms with Crippen molar-refractivity contribution in [1.82, 2.24) is 0 Å². The van der Waals surface area contributed by atoms with E-state index in [0.717, 1.165) is 29.9 Å². The first-order chi connectivity index (χ1) is 12.7. The average Bonchev–Trinajstić information content (AvgIpc) is 2.67. The fraction of sp³-hybridized carbons (Fsp3) is 0.458. The van der Waals surface area contributed by atoms with Crippen molar-refractivity contribution in [1.29, 1.82) is 0 Å². The number of hydrogen-bond acceptors (Lipinski definition) is 2. The van der Waals surface area contributed by atoms with Crippen molar-refractivity contribution in [3.05, 3.63) is 65.2 Å². The van der Waals surface area contributed by atoms with E-state index < -0.39 is 0 Å². The smallest absolute Gasteiger partial charge is 0.193 e. The van der Waals surface area contributed by atoms with Gasteiger partial charge in [0, 0.05) is 11.1 Å². The molecule has 0 heterocycles. The zero-order valence-corrected chi connectivity index (χ0v) is 16.3. The molecule has 2 aromatic rings. The molecule has 0 bridgehead atoms. The highest BCUT2D eigenvalue weighted by Crippen LogP contribution is 2.17. The van der Waals surface area contributed by atoms with Crippen LogP contribution in [-0.4, -0.2) is 12.4 Å². The zero-order valence-electron chi connectivity index (χ0n) is 16.3. The lowest BCUT2D eigenvalue weighted by Gasteiger charge is -2.07. The molecule has 0 saturated carbocycles. The van der Waals surface area contributed by atoms with Crippen molar-refractivity contribution in [2.75, 3.05) is 6.61 Å². The van der Waals surface area contributed by atoms with E-state index in [1.807, 2.05) is 55.5 Å². The van der Waals surface area contributed by atoms with Crippen LogP contribution in [-0.2, 0) is 0 Å². The minimum absolute atomic E-state index is 0.0552. The second-order valence-corrected chi connectivity index (χ2v) is 7.04. The van der Waals surface area contributed by atoms with Crippen LogP contribution in [0.5, 0.6) is 5.75 Å². The highest BCUT2D eigenvalue weighted by atomic mass is 16.5. The van der Waals surface area contributed by atoms with Gasteiger partial charge >= 0.3 is 0 Å². The van der Waals surface area contributed by atoms with E-state index in [2.05, 4.69) is 6.92 Å². The Morgan fingerprint density at radius 1 is 0.731 bits per heavy atom. The van der Waals surface area contributed by atoms with Crippen LogP contribution < -0.4 is 4.74 Å². The molecule has 140 valence electrons. The van der Waals surface area contributed by atoms with Gasteiger partial charge in [0.2, 0.25) is 0 Å². The van der Waals surface area contributed by atoms with Crippen molar-refractivity contribution in [3.63, 3.8) is 0 Å². The number of hydrogen-bond donors (Lipinski definition) is 0. The highest BCUT2D eigenvalue weighted by Gasteiger charge is 2.08. The Labute approximate surface area is 158 Å². The zero-order chi connectivity index (χ0) is 18.6. The summed E-state index contributed by atoms with van der Waals surface area (Å²) in [5.41, 5.74) is 2.59. The van der Waals surface area contributed by atoms with Crippen LogP contribution >= 0.6 is 0 Å². The van der Waals surface area contributed by atoms with E-state index in [1.54, 1.807) is 0 Å². The Kier molecular flexibility index (Phi) is 8.95. The van der Waals surface area contributed by atoms with Crippen LogP contribution in [0, 0.1) is 6.92 Å². The van der Waals surface area contributed by atoms with Crippen LogP contribution in [0.1, 0.15) is 79.8 Å². The molecular weight excluding hydrogens is 320 g/mol. The molecule has 0 aliphatic carbocycles. The molecule has 2 rings (SSSR count). The average molecular weight is 353 g/mol. The van der Waals surface area contributed by atoms with Gasteiger partial charge in [-0.25, -0.2) is 0 Å². The summed E-state index contributed by atoms with van der Waals surface area (Å²) in [4.78, 5) is 12.5. The topological polar surface area (TPSA) is 26.3 Å². The summed E-state index contributed by atoms with van der Waals surface area (Å²) in [6, 6.07) is 15.2. The lowest BCUT2D eigenvalue weighted by atomic mass is 10.0. The standard InChI is InChI=1S/C24H32O2/c1-3-4-5-6-7-8-9-10-19-26-23-17-15-22(16-18-23)24(25)21-13-11-20(2)12-14-21/h11-18H,3-10,19H2,1-2H3. The third-order valence-corrected chi connectivity index (χ3v) is 4.70. The maximum atomic E-state index is 12.5. The molecule has 0 unspecified atom stereocenters. The van der Waals surface area contributed by atoms with E-state index in [4.69, 9.17) is 4.74 Å². The lowest BCUT2D eigenvalue weighted by molar-refractivity contribution is 0.103. The van der Waals surface area contributed by atoms with Crippen molar-refractivity contribution >= 4 is 5.78 Å². The molecule has 0 aliphatic heterocycles. The number of unbranched alkanes of at least 4 members (excludes halogenated alkanes) is 7. The second kappa shape index (κ2) is 11.5. The summed E-state index contributed by atoms with van der Waals surface area (Å²) in [6.45, 7) is 5.02. The summed E-state index contributed by atoms with van der Waals surface area (Å²) in [7, 11) is 0. The van der Waals surface area contributed by atoms with Gasteiger partial charge in [-0.2, -0.15) is 0 Å². The van der Waals surface area contributed by atoms with Gasteiger partial charge in [0.25, 0.3) is 0 Å². The summed E-state index contributed by atoms with van der Waals surface area (Å²) >= 11 is 0. The quantitative estimate of drug-likeness (QED) is 0.312. The van der Waals surface area contributed by atoms with Gasteiger partial charge in [-0.3, -0.25) is 4.79 Å². The number of carbonyl (C=O) groups is 1. The molecular formula is C24H32O2. The van der Waals surface area contributed by atoms with Gasteiger partial charge in [-0.05, 0) is 37.6 Å². The number of ketones is 1. The van der Waals surface area contributed by atoms with Crippen LogP contribution in [0.4, 0.5) is 0 Å². The van der Waals surface area contributed by atoms with Gasteiger partial charge in [-0.15, -0.1) is 0 Å². The molecule has 2 aromatic carbocycles. The third-order valence-electron chi connectivity index (χ3n) is 4.70. The first-order valence-electron chi connectivity index (χ1n) is 10.0. The maximum Gasteiger partial charge on any atom is 0.193 e. The first-order valence-corrected chi connectivity index (χ1v) is 10.0. The highest BCUT2D eigenvalue weighted by molar-refractivity contribution is 6.09. The first kappa shape index (κ1) is 20.2. The molecule has 0 spiro atoms. The fourth-order valence-corrected chi connectivity index (χ4v) is 3.00. The van der Waals surface area contributed by atoms with Crippen LogP contribution in [0.2, 0.25) is 0 Å². The Hall–Kier alpha value is -2.09. The van der Waals surface area contributed by atoms with Crippen molar-refractivity contribution in [3.8, 4) is 5.75 Å². The summed E-state index contributed by atoms with van der Waals surface area (Å²) in [5.74, 6) is 0.896. The van der Waals surface area contributed by atoms with Gasteiger partial charge in [0.15, 0.2) is 5.78 Å². The normalized spacial score (nSPS) is 10.7. The minimum Gasteiger partial charge on any atom is -0.494 e. The third kappa shape index (κ3) is 7.03. The molecule has 26 heavy (non-hydrogen) atoms. The van der Waals surface area contributed by atoms with Gasteiger partial charge in [0.1, 0.15) is 5.75 Å². The number of benzene rings is 2. The summed E-state index contributed by atoms with van der Waals surface area (Å²) < 4.78 is 5.80.